The van der Waals surface area contributed by atoms with E-state index < -0.39 is 0 Å². The molecule has 2 heteroatoms. The molecule has 0 aliphatic rings. The summed E-state index contributed by atoms with van der Waals surface area (Å²) in [4.78, 5) is 0. The van der Waals surface area contributed by atoms with E-state index in [1.165, 1.54) is 0 Å². The van der Waals surface area contributed by atoms with Gasteiger partial charge in [-0.1, -0.05) is 0 Å². The number of rotatable bonds is 1. The van der Waals surface area contributed by atoms with Gasteiger partial charge in [0.25, 0.3) is 0 Å². The summed E-state index contributed by atoms with van der Waals surface area (Å²) in [5.74, 6) is 0. The van der Waals surface area contributed by atoms with Crippen molar-refractivity contribution in [3.63, 3.8) is 0 Å². The molecule has 0 N–H and O–H groups in total. The summed E-state index contributed by atoms with van der Waals surface area (Å²) in [7, 11) is 0. The van der Waals surface area contributed by atoms with Gasteiger partial charge >= 0.3 is 0 Å². The van der Waals surface area contributed by atoms with Crippen molar-refractivity contribution in [2.45, 2.75) is 13.5 Å². The number of hydrogen-bond donors (Lipinski definition) is 0. The molecule has 0 aromatic carbocycles. The van der Waals surface area contributed by atoms with Gasteiger partial charge in [-0.25, -0.2) is 0 Å². The molecule has 0 unspecified atom stereocenters. The van der Waals surface area contributed by atoms with Crippen LogP contribution in [0.5, 0.6) is 0 Å². The molecule has 0 saturated carbocycles. The Kier molecular flexibility index (Phi) is 3.68. The molecular formula is C6H12AlN. The summed E-state index contributed by atoms with van der Waals surface area (Å²) in [6.07, 6.45) is 4.11. The lowest BCUT2D eigenvalue weighted by atomic mass is 10.7. The molecule has 0 atom stereocenters. The topological polar surface area (TPSA) is 4.93 Å². The third-order valence-electron chi connectivity index (χ3n) is 1.03. The fourth-order valence-electron chi connectivity index (χ4n) is 0.581. The lowest BCUT2D eigenvalue weighted by molar-refractivity contribution is 0.769. The van der Waals surface area contributed by atoms with E-state index in [0.717, 1.165) is 6.54 Å². The van der Waals surface area contributed by atoms with E-state index >= 15 is 0 Å². The molecule has 1 heterocycles. The Hall–Kier alpha value is -0.188. The normalized spacial score (nSPS) is 8.12. The molecule has 1 nitrogen and oxygen atoms in total. The predicted molar refractivity (Wildman–Crippen MR) is 40.0 cm³/mol. The molecule has 0 spiro atoms. The molecule has 0 amide bonds. The van der Waals surface area contributed by atoms with Crippen LogP contribution in [0.1, 0.15) is 6.92 Å². The van der Waals surface area contributed by atoms with E-state index in [-0.39, 0.29) is 17.4 Å². The highest BCUT2D eigenvalue weighted by Crippen LogP contribution is 1.86. The van der Waals surface area contributed by atoms with Crippen molar-refractivity contribution in [3.05, 3.63) is 24.5 Å². The molecule has 0 bridgehead atoms. The number of aryl methyl sites for hydroxylation is 1. The largest absolute Gasteiger partial charge is 0.355 e. The fraction of sp³-hybridized carbons (Fsp3) is 0.333. The van der Waals surface area contributed by atoms with Gasteiger partial charge in [-0.05, 0) is 19.1 Å². The first kappa shape index (κ1) is 7.81. The number of hydrogen-bond acceptors (Lipinski definition) is 0. The maximum Gasteiger partial charge on any atom is 0.187 e. The van der Waals surface area contributed by atoms with Gasteiger partial charge in [0, 0.05) is 18.9 Å². The van der Waals surface area contributed by atoms with Crippen LogP contribution in [0, 0.1) is 0 Å². The second-order valence-corrected chi connectivity index (χ2v) is 1.51. The van der Waals surface area contributed by atoms with Gasteiger partial charge in [-0.2, -0.15) is 0 Å². The Morgan fingerprint density at radius 1 is 1.25 bits per heavy atom. The van der Waals surface area contributed by atoms with Crippen molar-refractivity contribution < 1.29 is 0 Å². The molecule has 0 aliphatic heterocycles. The standard InChI is InChI=1S/C6H9N.Al.3H/c1-2-7-5-3-4-6-7;;;;/h3-6H,2H2,1H3;;;;. The third-order valence-corrected chi connectivity index (χ3v) is 1.03. The molecule has 8 heavy (non-hydrogen) atoms. The quantitative estimate of drug-likeness (QED) is 0.476. The second kappa shape index (κ2) is 3.77. The Balaban J connectivity index is 0.000000490. The maximum atomic E-state index is 2.12. The van der Waals surface area contributed by atoms with Gasteiger partial charge < -0.3 is 4.57 Å². The Bertz CT molecular complexity index is 123. The van der Waals surface area contributed by atoms with Crippen molar-refractivity contribution in [2.75, 3.05) is 0 Å². The average molecular weight is 125 g/mol. The number of nitrogens with zero attached hydrogens (tertiary/aromatic N) is 1. The summed E-state index contributed by atoms with van der Waals surface area (Å²) in [6, 6.07) is 4.06. The Morgan fingerprint density at radius 2 is 1.75 bits per heavy atom. The summed E-state index contributed by atoms with van der Waals surface area (Å²) < 4.78 is 2.12. The van der Waals surface area contributed by atoms with E-state index in [9.17, 15) is 0 Å². The SMILES string of the molecule is CCn1cccc1.[AlH3]. The summed E-state index contributed by atoms with van der Waals surface area (Å²) in [5.41, 5.74) is 0. The molecule has 0 radical (unpaired) electrons. The van der Waals surface area contributed by atoms with Gasteiger partial charge in [-0.15, -0.1) is 0 Å². The Morgan fingerprint density at radius 3 is 2.00 bits per heavy atom. The zero-order chi connectivity index (χ0) is 5.11. The first-order valence-corrected chi connectivity index (χ1v) is 2.54. The maximum absolute atomic E-state index is 2.12. The lowest BCUT2D eigenvalue weighted by Gasteiger charge is -1.89. The van der Waals surface area contributed by atoms with Crippen LogP contribution < -0.4 is 0 Å². The van der Waals surface area contributed by atoms with Crippen molar-refractivity contribution in [1.29, 1.82) is 0 Å². The minimum Gasteiger partial charge on any atom is -0.355 e. The van der Waals surface area contributed by atoms with Gasteiger partial charge in [0.2, 0.25) is 0 Å². The van der Waals surface area contributed by atoms with Crippen LogP contribution in [0.15, 0.2) is 24.5 Å². The molecule has 44 valence electrons. The van der Waals surface area contributed by atoms with Crippen molar-refractivity contribution >= 4 is 17.4 Å². The van der Waals surface area contributed by atoms with Crippen LogP contribution >= 0.6 is 0 Å². The molecule has 0 saturated heterocycles. The third kappa shape index (κ3) is 1.73. The molecule has 1 rings (SSSR count). The van der Waals surface area contributed by atoms with Crippen LogP contribution in [0.25, 0.3) is 0 Å². The van der Waals surface area contributed by atoms with Crippen LogP contribution in [0.2, 0.25) is 0 Å². The van der Waals surface area contributed by atoms with Gasteiger partial charge in [-0.3, -0.25) is 0 Å². The monoisotopic (exact) mass is 125 g/mol. The van der Waals surface area contributed by atoms with E-state index in [1.54, 1.807) is 0 Å². The van der Waals surface area contributed by atoms with Crippen molar-refractivity contribution in [1.82, 2.24) is 4.57 Å². The lowest BCUT2D eigenvalue weighted by Crippen LogP contribution is -1.85. The predicted octanol–water partition coefficient (Wildman–Crippen LogP) is 0.324. The summed E-state index contributed by atoms with van der Waals surface area (Å²) in [6.45, 7) is 3.20. The van der Waals surface area contributed by atoms with E-state index in [1.807, 2.05) is 12.1 Å². The highest BCUT2D eigenvalue weighted by Gasteiger charge is 1.75. The van der Waals surface area contributed by atoms with Crippen molar-refractivity contribution in [2.24, 2.45) is 0 Å². The van der Waals surface area contributed by atoms with Crippen LogP contribution in [-0.4, -0.2) is 21.9 Å². The summed E-state index contributed by atoms with van der Waals surface area (Å²) >= 11 is 0. The highest BCUT2D eigenvalue weighted by atomic mass is 27.0. The molecule has 1 aromatic rings. The fourth-order valence-corrected chi connectivity index (χ4v) is 0.581. The van der Waals surface area contributed by atoms with E-state index in [2.05, 4.69) is 23.9 Å². The van der Waals surface area contributed by atoms with Crippen LogP contribution in [-0.2, 0) is 6.54 Å². The first-order valence-electron chi connectivity index (χ1n) is 2.54. The Labute approximate surface area is 60.5 Å². The minimum absolute atomic E-state index is 0. The van der Waals surface area contributed by atoms with Crippen molar-refractivity contribution in [3.8, 4) is 0 Å². The zero-order valence-electron chi connectivity index (χ0n) is 4.46. The second-order valence-electron chi connectivity index (χ2n) is 1.51. The molecular weight excluding hydrogens is 113 g/mol. The molecule has 1 aromatic heterocycles. The number of aromatic nitrogens is 1. The van der Waals surface area contributed by atoms with Crippen LogP contribution in [0.3, 0.4) is 0 Å². The van der Waals surface area contributed by atoms with Crippen LogP contribution in [0.4, 0.5) is 0 Å². The summed E-state index contributed by atoms with van der Waals surface area (Å²) in [5, 5.41) is 0. The highest BCUT2D eigenvalue weighted by molar-refractivity contribution is 5.75. The zero-order valence-corrected chi connectivity index (χ0v) is 4.46. The first-order chi connectivity index (χ1) is 3.43. The molecule has 0 fully saturated rings. The van der Waals surface area contributed by atoms with Gasteiger partial charge in [0.15, 0.2) is 17.4 Å². The average Bonchev–Trinajstić information content (AvgIpc) is 2.14. The smallest absolute Gasteiger partial charge is 0.187 e. The van der Waals surface area contributed by atoms with Gasteiger partial charge in [0.1, 0.15) is 0 Å². The van der Waals surface area contributed by atoms with Gasteiger partial charge in [0.05, 0.1) is 0 Å². The molecule has 0 aliphatic carbocycles. The minimum atomic E-state index is 0. The van der Waals surface area contributed by atoms with E-state index in [0.29, 0.717) is 0 Å². The van der Waals surface area contributed by atoms with E-state index in [4.69, 9.17) is 0 Å².